The third-order valence-corrected chi connectivity index (χ3v) is 3.36. The summed E-state index contributed by atoms with van der Waals surface area (Å²) in [5.41, 5.74) is 1.24. The van der Waals surface area contributed by atoms with Crippen LogP contribution in [0.5, 0.6) is 0 Å². The minimum atomic E-state index is -0.843. The lowest BCUT2D eigenvalue weighted by molar-refractivity contribution is -0.144. The number of imidazole rings is 1. The van der Waals surface area contributed by atoms with Crippen molar-refractivity contribution in [1.29, 1.82) is 0 Å². The van der Waals surface area contributed by atoms with Crippen LogP contribution in [-0.2, 0) is 4.79 Å². The number of carboxylic acid groups (broad SMARTS) is 1. The lowest BCUT2D eigenvalue weighted by Gasteiger charge is -2.28. The van der Waals surface area contributed by atoms with Gasteiger partial charge < -0.3 is 9.67 Å². The molecule has 1 unspecified atom stereocenters. The molecule has 0 spiro atoms. The van der Waals surface area contributed by atoms with Gasteiger partial charge in [0.1, 0.15) is 6.04 Å². The zero-order valence-corrected chi connectivity index (χ0v) is 12.1. The second kappa shape index (κ2) is 4.39. The molecule has 5 heteroatoms. The minimum absolute atomic E-state index is 0.382. The van der Waals surface area contributed by atoms with Crippen molar-refractivity contribution >= 4 is 32.9 Å². The predicted molar refractivity (Wildman–Crippen MR) is 73.6 cm³/mol. The Hall–Kier alpha value is -1.36. The number of aliphatic carboxylic acids is 1. The first-order chi connectivity index (χ1) is 8.30. The van der Waals surface area contributed by atoms with Crippen molar-refractivity contribution in [1.82, 2.24) is 9.55 Å². The molecular weight excluding hydrogens is 296 g/mol. The quantitative estimate of drug-likeness (QED) is 0.924. The first-order valence-electron chi connectivity index (χ1n) is 5.65. The fraction of sp³-hybridized carbons (Fsp3) is 0.385. The Balaban J connectivity index is 2.62. The van der Waals surface area contributed by atoms with Crippen LogP contribution >= 0.6 is 15.9 Å². The lowest BCUT2D eigenvalue weighted by atomic mass is 9.86. The number of nitrogens with zero attached hydrogens (tertiary/aromatic N) is 2. The van der Waals surface area contributed by atoms with E-state index in [1.165, 1.54) is 0 Å². The van der Waals surface area contributed by atoms with Gasteiger partial charge in [-0.15, -0.1) is 0 Å². The van der Waals surface area contributed by atoms with Crippen molar-refractivity contribution in [2.75, 3.05) is 0 Å². The van der Waals surface area contributed by atoms with Gasteiger partial charge in [0.05, 0.1) is 17.4 Å². The van der Waals surface area contributed by atoms with Crippen LogP contribution in [0.15, 0.2) is 29.0 Å². The Labute approximate surface area is 114 Å². The van der Waals surface area contributed by atoms with Crippen molar-refractivity contribution in [3.8, 4) is 0 Å². The van der Waals surface area contributed by atoms with Crippen molar-refractivity contribution in [3.63, 3.8) is 0 Å². The molecule has 0 saturated heterocycles. The minimum Gasteiger partial charge on any atom is -0.480 e. The van der Waals surface area contributed by atoms with E-state index in [1.807, 2.05) is 39.0 Å². The largest absolute Gasteiger partial charge is 0.480 e. The van der Waals surface area contributed by atoms with Crippen LogP contribution in [0.2, 0.25) is 0 Å². The van der Waals surface area contributed by atoms with Crippen LogP contribution in [0.1, 0.15) is 26.8 Å². The monoisotopic (exact) mass is 310 g/mol. The number of aromatic nitrogens is 2. The van der Waals surface area contributed by atoms with Gasteiger partial charge in [0.2, 0.25) is 0 Å². The average molecular weight is 311 g/mol. The number of fused-ring (bicyclic) bond motifs is 1. The molecular formula is C13H15BrN2O2. The predicted octanol–water partition coefficient (Wildman–Crippen LogP) is 3.47. The molecule has 1 aromatic carbocycles. The maximum atomic E-state index is 11.5. The van der Waals surface area contributed by atoms with Gasteiger partial charge in [0.15, 0.2) is 0 Å². The number of carbonyl (C=O) groups is 1. The average Bonchev–Trinajstić information content (AvgIpc) is 2.58. The molecule has 4 nitrogen and oxygen atoms in total. The highest BCUT2D eigenvalue weighted by Crippen LogP contribution is 2.33. The van der Waals surface area contributed by atoms with Crippen LogP contribution in [0.4, 0.5) is 0 Å². The molecule has 1 N–H and O–H groups in total. The van der Waals surface area contributed by atoms with Crippen LogP contribution < -0.4 is 0 Å². The molecule has 0 aliphatic heterocycles. The van der Waals surface area contributed by atoms with Crippen LogP contribution in [-0.4, -0.2) is 20.6 Å². The Kier molecular flexibility index (Phi) is 3.19. The maximum absolute atomic E-state index is 11.5. The molecule has 0 amide bonds. The zero-order chi connectivity index (χ0) is 13.5. The summed E-state index contributed by atoms with van der Waals surface area (Å²) < 4.78 is 2.66. The smallest absolute Gasteiger partial charge is 0.327 e. The van der Waals surface area contributed by atoms with E-state index < -0.39 is 12.0 Å². The number of halogens is 1. The van der Waals surface area contributed by atoms with Crippen LogP contribution in [0.25, 0.3) is 11.0 Å². The highest BCUT2D eigenvalue weighted by Gasteiger charge is 2.33. The Morgan fingerprint density at radius 1 is 1.44 bits per heavy atom. The Morgan fingerprint density at radius 3 is 2.67 bits per heavy atom. The summed E-state index contributed by atoms with van der Waals surface area (Å²) in [5, 5.41) is 9.44. The second-order valence-corrected chi connectivity index (χ2v) is 6.31. The van der Waals surface area contributed by atoms with Crippen molar-refractivity contribution in [2.24, 2.45) is 5.41 Å². The zero-order valence-electron chi connectivity index (χ0n) is 10.5. The van der Waals surface area contributed by atoms with E-state index >= 15 is 0 Å². The van der Waals surface area contributed by atoms with E-state index in [9.17, 15) is 9.90 Å². The van der Waals surface area contributed by atoms with E-state index in [4.69, 9.17) is 0 Å². The summed E-state index contributed by atoms with van der Waals surface area (Å²) >= 11 is 3.38. The topological polar surface area (TPSA) is 55.1 Å². The standard InChI is InChI=1S/C13H15BrN2O2/c1-13(2,3)11(12(17)18)16-7-15-9-6-8(14)4-5-10(9)16/h4-7,11H,1-3H3,(H,17,18). The molecule has 96 valence electrons. The normalized spacial score (nSPS) is 13.8. The molecule has 18 heavy (non-hydrogen) atoms. The molecule has 1 heterocycles. The van der Waals surface area contributed by atoms with Crippen molar-refractivity contribution in [3.05, 3.63) is 29.0 Å². The SMILES string of the molecule is CC(C)(C)C(C(=O)O)n1cnc2cc(Br)ccc21. The maximum Gasteiger partial charge on any atom is 0.327 e. The molecule has 1 aromatic heterocycles. The molecule has 0 radical (unpaired) electrons. The van der Waals surface area contributed by atoms with Gasteiger partial charge >= 0.3 is 5.97 Å². The molecule has 0 aliphatic rings. The highest BCUT2D eigenvalue weighted by atomic mass is 79.9. The van der Waals surface area contributed by atoms with Gasteiger partial charge in [-0.1, -0.05) is 36.7 Å². The van der Waals surface area contributed by atoms with Gasteiger partial charge in [0, 0.05) is 4.47 Å². The lowest BCUT2D eigenvalue weighted by Crippen LogP contribution is -2.31. The molecule has 1 atom stereocenters. The number of hydrogen-bond acceptors (Lipinski definition) is 2. The highest BCUT2D eigenvalue weighted by molar-refractivity contribution is 9.10. The van der Waals surface area contributed by atoms with Gasteiger partial charge in [0.25, 0.3) is 0 Å². The van der Waals surface area contributed by atoms with E-state index in [-0.39, 0.29) is 5.41 Å². The van der Waals surface area contributed by atoms with E-state index in [0.29, 0.717) is 0 Å². The number of hydrogen-bond donors (Lipinski definition) is 1. The first kappa shape index (κ1) is 13.1. The van der Waals surface area contributed by atoms with Crippen LogP contribution in [0, 0.1) is 5.41 Å². The van der Waals surface area contributed by atoms with Crippen molar-refractivity contribution < 1.29 is 9.90 Å². The third-order valence-electron chi connectivity index (χ3n) is 2.87. The fourth-order valence-electron chi connectivity index (χ4n) is 2.12. The molecule has 2 rings (SSSR count). The summed E-state index contributed by atoms with van der Waals surface area (Å²) in [6.07, 6.45) is 1.60. The fourth-order valence-corrected chi connectivity index (χ4v) is 2.47. The molecule has 0 saturated carbocycles. The third kappa shape index (κ3) is 2.27. The van der Waals surface area contributed by atoms with Crippen LogP contribution in [0.3, 0.4) is 0 Å². The first-order valence-corrected chi connectivity index (χ1v) is 6.45. The van der Waals surface area contributed by atoms with Gasteiger partial charge in [-0.05, 0) is 23.6 Å². The van der Waals surface area contributed by atoms with Gasteiger partial charge in [-0.25, -0.2) is 9.78 Å². The van der Waals surface area contributed by atoms with Crippen molar-refractivity contribution in [2.45, 2.75) is 26.8 Å². The summed E-state index contributed by atoms with van der Waals surface area (Å²) in [4.78, 5) is 15.8. The van der Waals surface area contributed by atoms with Gasteiger partial charge in [-0.2, -0.15) is 0 Å². The second-order valence-electron chi connectivity index (χ2n) is 5.39. The number of rotatable bonds is 2. The van der Waals surface area contributed by atoms with Gasteiger partial charge in [-0.3, -0.25) is 0 Å². The molecule has 0 bridgehead atoms. The van der Waals surface area contributed by atoms with E-state index in [0.717, 1.165) is 15.5 Å². The number of carboxylic acids is 1. The summed E-state index contributed by atoms with van der Waals surface area (Å²) in [7, 11) is 0. The summed E-state index contributed by atoms with van der Waals surface area (Å²) in [6.45, 7) is 5.74. The molecule has 0 aliphatic carbocycles. The summed E-state index contributed by atoms with van der Waals surface area (Å²) in [5.74, 6) is -0.843. The summed E-state index contributed by atoms with van der Waals surface area (Å²) in [6, 6.07) is 5.02. The Bertz CT molecular complexity index is 599. The number of benzene rings is 1. The Morgan fingerprint density at radius 2 is 2.11 bits per heavy atom. The molecule has 2 aromatic rings. The van der Waals surface area contributed by atoms with E-state index in [1.54, 1.807) is 10.9 Å². The molecule has 0 fully saturated rings. The van der Waals surface area contributed by atoms with E-state index in [2.05, 4.69) is 20.9 Å².